The van der Waals surface area contributed by atoms with Gasteiger partial charge in [-0.05, 0) is 37.5 Å². The van der Waals surface area contributed by atoms with E-state index in [9.17, 15) is 4.79 Å². The molecule has 1 aromatic carbocycles. The van der Waals surface area contributed by atoms with E-state index < -0.39 is 0 Å². The number of hydrogen-bond donors (Lipinski definition) is 0. The summed E-state index contributed by atoms with van der Waals surface area (Å²) < 4.78 is 0.889. The van der Waals surface area contributed by atoms with E-state index in [4.69, 9.17) is 11.6 Å². The summed E-state index contributed by atoms with van der Waals surface area (Å²) in [6, 6.07) is 5.69. The van der Waals surface area contributed by atoms with E-state index in [2.05, 4.69) is 31.9 Å². The van der Waals surface area contributed by atoms with E-state index in [1.54, 1.807) is 12.1 Å². The van der Waals surface area contributed by atoms with Crippen LogP contribution in [0.1, 0.15) is 29.6 Å². The SMILES string of the molecule is O=C(c1ccc(Br)cc1Cl)N1CCCCC1CBr. The topological polar surface area (TPSA) is 20.3 Å². The van der Waals surface area contributed by atoms with Gasteiger partial charge in [0.05, 0.1) is 10.6 Å². The fourth-order valence-corrected chi connectivity index (χ4v) is 3.67. The fourth-order valence-electron chi connectivity index (χ4n) is 2.25. The summed E-state index contributed by atoms with van der Waals surface area (Å²) in [6.07, 6.45) is 3.32. The first-order valence-corrected chi connectivity index (χ1v) is 8.24. The van der Waals surface area contributed by atoms with Gasteiger partial charge >= 0.3 is 0 Å². The Bertz CT molecular complexity index is 453. The van der Waals surface area contributed by atoms with Crippen molar-refractivity contribution in [2.24, 2.45) is 0 Å². The van der Waals surface area contributed by atoms with Crippen molar-refractivity contribution in [2.75, 3.05) is 11.9 Å². The molecule has 98 valence electrons. The lowest BCUT2D eigenvalue weighted by Gasteiger charge is -2.35. The average Bonchev–Trinajstić information content (AvgIpc) is 2.38. The minimum atomic E-state index is 0.0386. The molecular formula is C13H14Br2ClNO. The van der Waals surface area contributed by atoms with E-state index in [-0.39, 0.29) is 11.9 Å². The number of halogens is 3. The van der Waals surface area contributed by atoms with E-state index in [0.717, 1.165) is 29.2 Å². The van der Waals surface area contributed by atoms with Crippen LogP contribution in [0.25, 0.3) is 0 Å². The number of nitrogens with zero attached hydrogens (tertiary/aromatic N) is 1. The Kier molecular flexibility index (Phi) is 5.10. The number of alkyl halides is 1. The zero-order valence-corrected chi connectivity index (χ0v) is 13.8. The minimum absolute atomic E-state index is 0.0386. The molecule has 1 aliphatic rings. The lowest BCUT2D eigenvalue weighted by Crippen LogP contribution is -2.44. The smallest absolute Gasteiger partial charge is 0.255 e. The molecule has 1 amide bonds. The molecule has 1 aliphatic heterocycles. The largest absolute Gasteiger partial charge is 0.335 e. The molecule has 1 atom stereocenters. The Morgan fingerprint density at radius 3 is 2.89 bits per heavy atom. The summed E-state index contributed by atoms with van der Waals surface area (Å²) in [4.78, 5) is 14.4. The molecule has 2 nitrogen and oxygen atoms in total. The molecule has 0 spiro atoms. The number of likely N-dealkylation sites (tertiary alicyclic amines) is 1. The summed E-state index contributed by atoms with van der Waals surface area (Å²) >= 11 is 13.0. The van der Waals surface area contributed by atoms with Crippen molar-refractivity contribution in [3.63, 3.8) is 0 Å². The number of piperidine rings is 1. The number of amides is 1. The van der Waals surface area contributed by atoms with Crippen molar-refractivity contribution in [3.8, 4) is 0 Å². The highest BCUT2D eigenvalue weighted by Gasteiger charge is 2.27. The Morgan fingerprint density at radius 1 is 1.44 bits per heavy atom. The molecule has 1 fully saturated rings. The molecule has 1 unspecified atom stereocenters. The number of hydrogen-bond acceptors (Lipinski definition) is 1. The van der Waals surface area contributed by atoms with E-state index in [0.29, 0.717) is 10.6 Å². The predicted molar refractivity (Wildman–Crippen MR) is 81.6 cm³/mol. The monoisotopic (exact) mass is 393 g/mol. The molecule has 1 heterocycles. The van der Waals surface area contributed by atoms with Gasteiger partial charge in [-0.25, -0.2) is 0 Å². The maximum Gasteiger partial charge on any atom is 0.255 e. The second-order valence-electron chi connectivity index (χ2n) is 4.43. The van der Waals surface area contributed by atoms with Gasteiger partial charge in [-0.3, -0.25) is 4.79 Å². The Labute approximate surface area is 129 Å². The number of benzene rings is 1. The zero-order chi connectivity index (χ0) is 13.1. The van der Waals surface area contributed by atoms with Crippen LogP contribution >= 0.6 is 43.5 Å². The molecular weight excluding hydrogens is 381 g/mol. The molecule has 0 saturated carbocycles. The lowest BCUT2D eigenvalue weighted by atomic mass is 10.0. The third-order valence-corrected chi connectivity index (χ3v) is 4.78. The maximum atomic E-state index is 12.5. The highest BCUT2D eigenvalue weighted by atomic mass is 79.9. The summed E-state index contributed by atoms with van der Waals surface area (Å²) in [5.41, 5.74) is 0.590. The standard InChI is InChI=1S/C13H14Br2ClNO/c14-8-10-3-1-2-6-17(10)13(18)11-5-4-9(15)7-12(11)16/h4-5,7,10H,1-3,6,8H2. The van der Waals surface area contributed by atoms with Crippen LogP contribution in [-0.4, -0.2) is 28.7 Å². The maximum absolute atomic E-state index is 12.5. The van der Waals surface area contributed by atoms with E-state index in [1.807, 2.05) is 11.0 Å². The van der Waals surface area contributed by atoms with Crippen LogP contribution in [0.5, 0.6) is 0 Å². The van der Waals surface area contributed by atoms with Gasteiger partial charge in [0.25, 0.3) is 5.91 Å². The summed E-state index contributed by atoms with van der Waals surface area (Å²) in [5.74, 6) is 0.0386. The summed E-state index contributed by atoms with van der Waals surface area (Å²) in [6.45, 7) is 0.821. The fraction of sp³-hybridized carbons (Fsp3) is 0.462. The Balaban J connectivity index is 2.24. The van der Waals surface area contributed by atoms with Crippen LogP contribution < -0.4 is 0 Å². The molecule has 0 aromatic heterocycles. The molecule has 1 saturated heterocycles. The Hall–Kier alpha value is -0.0600. The molecule has 0 aliphatic carbocycles. The van der Waals surface area contributed by atoms with Crippen molar-refractivity contribution in [3.05, 3.63) is 33.3 Å². The van der Waals surface area contributed by atoms with Crippen molar-refractivity contribution >= 4 is 49.4 Å². The van der Waals surface area contributed by atoms with Gasteiger partial charge < -0.3 is 4.90 Å². The third-order valence-electron chi connectivity index (χ3n) is 3.23. The molecule has 0 radical (unpaired) electrons. The zero-order valence-electron chi connectivity index (χ0n) is 9.83. The minimum Gasteiger partial charge on any atom is -0.335 e. The van der Waals surface area contributed by atoms with Crippen molar-refractivity contribution in [1.29, 1.82) is 0 Å². The molecule has 2 rings (SSSR count). The third kappa shape index (κ3) is 3.09. The Morgan fingerprint density at radius 2 is 2.22 bits per heavy atom. The van der Waals surface area contributed by atoms with Gasteiger partial charge in [-0.1, -0.05) is 43.5 Å². The van der Waals surface area contributed by atoms with Crippen LogP contribution in [0.15, 0.2) is 22.7 Å². The summed E-state index contributed by atoms with van der Waals surface area (Å²) in [7, 11) is 0. The van der Waals surface area contributed by atoms with Crippen LogP contribution in [0, 0.1) is 0 Å². The lowest BCUT2D eigenvalue weighted by molar-refractivity contribution is 0.0642. The summed E-state index contributed by atoms with van der Waals surface area (Å²) in [5, 5.41) is 1.33. The number of carbonyl (C=O) groups is 1. The van der Waals surface area contributed by atoms with Gasteiger partial charge in [0.15, 0.2) is 0 Å². The first-order chi connectivity index (χ1) is 8.63. The van der Waals surface area contributed by atoms with Gasteiger partial charge in [0.1, 0.15) is 0 Å². The predicted octanol–water partition coefficient (Wildman–Crippen LogP) is 4.49. The van der Waals surface area contributed by atoms with Crippen molar-refractivity contribution in [1.82, 2.24) is 4.90 Å². The average molecular weight is 396 g/mol. The van der Waals surface area contributed by atoms with Crippen LogP contribution in [-0.2, 0) is 0 Å². The van der Waals surface area contributed by atoms with E-state index >= 15 is 0 Å². The van der Waals surface area contributed by atoms with Crippen molar-refractivity contribution in [2.45, 2.75) is 25.3 Å². The van der Waals surface area contributed by atoms with Gasteiger partial charge in [0, 0.05) is 22.4 Å². The molecule has 18 heavy (non-hydrogen) atoms. The normalized spacial score (nSPS) is 19.9. The molecule has 5 heteroatoms. The van der Waals surface area contributed by atoms with Gasteiger partial charge in [0.2, 0.25) is 0 Å². The van der Waals surface area contributed by atoms with E-state index in [1.165, 1.54) is 6.42 Å². The van der Waals surface area contributed by atoms with Crippen LogP contribution in [0.3, 0.4) is 0 Å². The number of rotatable bonds is 2. The molecule has 0 N–H and O–H groups in total. The van der Waals surface area contributed by atoms with Crippen molar-refractivity contribution < 1.29 is 4.79 Å². The second kappa shape index (κ2) is 6.40. The van der Waals surface area contributed by atoms with Gasteiger partial charge in [-0.15, -0.1) is 0 Å². The quantitative estimate of drug-likeness (QED) is 0.676. The van der Waals surface area contributed by atoms with Crippen LogP contribution in [0.2, 0.25) is 5.02 Å². The highest BCUT2D eigenvalue weighted by Crippen LogP contribution is 2.26. The van der Waals surface area contributed by atoms with Crippen LogP contribution in [0.4, 0.5) is 0 Å². The highest BCUT2D eigenvalue weighted by molar-refractivity contribution is 9.10. The molecule has 0 bridgehead atoms. The van der Waals surface area contributed by atoms with Gasteiger partial charge in [-0.2, -0.15) is 0 Å². The number of carbonyl (C=O) groups excluding carboxylic acids is 1. The first-order valence-electron chi connectivity index (χ1n) is 5.95. The molecule has 1 aromatic rings. The first kappa shape index (κ1) is 14.4. The second-order valence-corrected chi connectivity index (χ2v) is 6.40.